The van der Waals surface area contributed by atoms with Crippen LogP contribution < -0.4 is 22.2 Å². The molecule has 6 N–H and O–H groups in total. The molecule has 0 spiro atoms. The van der Waals surface area contributed by atoms with Gasteiger partial charge in [0, 0.05) is 42.4 Å². The van der Waals surface area contributed by atoms with Crippen LogP contribution in [0.5, 0.6) is 0 Å². The number of hydrogen-bond donors (Lipinski definition) is 4. The third-order valence-electron chi connectivity index (χ3n) is 7.47. The quantitative estimate of drug-likeness (QED) is 0.150. The fourth-order valence-electron chi connectivity index (χ4n) is 5.04. The van der Waals surface area contributed by atoms with Crippen LogP contribution in [0.1, 0.15) is 62.0 Å². The van der Waals surface area contributed by atoms with Gasteiger partial charge in [-0.05, 0) is 60.6 Å². The minimum absolute atomic E-state index is 0.00149. The molecule has 1 aliphatic rings. The van der Waals surface area contributed by atoms with E-state index in [1.165, 1.54) is 12.1 Å². The van der Waals surface area contributed by atoms with E-state index in [2.05, 4.69) is 52.4 Å². The minimum atomic E-state index is -0.538. The first-order valence-corrected chi connectivity index (χ1v) is 13.9. The number of benzene rings is 2. The van der Waals surface area contributed by atoms with Crippen molar-refractivity contribution in [3.8, 4) is 6.07 Å². The zero-order valence-corrected chi connectivity index (χ0v) is 24.3. The molecular weight excluding hydrogens is 529 g/mol. The van der Waals surface area contributed by atoms with Crippen molar-refractivity contribution < 1.29 is 4.39 Å². The number of anilines is 2. The third-order valence-corrected chi connectivity index (χ3v) is 7.47. The highest BCUT2D eigenvalue weighted by atomic mass is 19.1. The lowest BCUT2D eigenvalue weighted by Crippen LogP contribution is -2.39. The average molecular weight is 566 g/mol. The first-order valence-electron chi connectivity index (χ1n) is 13.9. The van der Waals surface area contributed by atoms with E-state index < -0.39 is 11.6 Å². The molecule has 1 unspecified atom stereocenters. The molecule has 0 amide bonds. The minimum Gasteiger partial charge on any atom is -0.399 e. The molecular formula is C32H36FN9. The number of aryl methyl sites for hydroxylation is 1. The number of hydrogen-bond acceptors (Lipinski definition) is 9. The third kappa shape index (κ3) is 5.97. The van der Waals surface area contributed by atoms with Crippen LogP contribution in [0.25, 0.3) is 10.9 Å². The van der Waals surface area contributed by atoms with Crippen molar-refractivity contribution in [3.05, 3.63) is 101 Å². The summed E-state index contributed by atoms with van der Waals surface area (Å²) in [6.07, 6.45) is 9.96. The van der Waals surface area contributed by atoms with Crippen LogP contribution in [0.4, 0.5) is 15.8 Å². The van der Waals surface area contributed by atoms with E-state index in [4.69, 9.17) is 11.6 Å². The van der Waals surface area contributed by atoms with Crippen LogP contribution in [0.2, 0.25) is 0 Å². The summed E-state index contributed by atoms with van der Waals surface area (Å²) in [5.41, 5.74) is 11.9. The summed E-state index contributed by atoms with van der Waals surface area (Å²) in [6.45, 7) is 9.05. The van der Waals surface area contributed by atoms with Crippen molar-refractivity contribution in [2.75, 3.05) is 17.2 Å². The number of halogens is 1. The maximum absolute atomic E-state index is 13.9. The van der Waals surface area contributed by atoms with Crippen molar-refractivity contribution in [3.63, 3.8) is 0 Å². The van der Waals surface area contributed by atoms with Gasteiger partial charge >= 0.3 is 0 Å². The maximum atomic E-state index is 13.9. The molecule has 2 aromatic carbocycles. The van der Waals surface area contributed by atoms with Crippen LogP contribution in [0, 0.1) is 29.5 Å². The van der Waals surface area contributed by atoms with Crippen LogP contribution >= 0.6 is 0 Å². The van der Waals surface area contributed by atoms with Crippen LogP contribution in [-0.4, -0.2) is 26.5 Å². The van der Waals surface area contributed by atoms with Crippen LogP contribution in [0.15, 0.2) is 73.1 Å². The van der Waals surface area contributed by atoms with E-state index in [1.54, 1.807) is 48.1 Å². The Bertz CT molecular complexity index is 1650. The van der Waals surface area contributed by atoms with Gasteiger partial charge in [0.05, 0.1) is 45.9 Å². The van der Waals surface area contributed by atoms with Crippen molar-refractivity contribution >= 4 is 22.3 Å². The van der Waals surface area contributed by atoms with Crippen molar-refractivity contribution in [2.24, 2.45) is 17.0 Å². The van der Waals surface area contributed by atoms with Gasteiger partial charge in [0.25, 0.3) is 0 Å². The van der Waals surface area contributed by atoms with E-state index in [1.807, 2.05) is 19.1 Å². The zero-order chi connectivity index (χ0) is 30.1. The van der Waals surface area contributed by atoms with Gasteiger partial charge in [0.15, 0.2) is 0 Å². The molecule has 10 heteroatoms. The summed E-state index contributed by atoms with van der Waals surface area (Å²) >= 11 is 0. The lowest BCUT2D eigenvalue weighted by molar-refractivity contribution is 0.255. The van der Waals surface area contributed by atoms with Gasteiger partial charge in [0.2, 0.25) is 0 Å². The molecule has 1 saturated carbocycles. The molecule has 0 aliphatic heterocycles. The molecule has 1 atom stereocenters. The molecule has 1 aliphatic carbocycles. The summed E-state index contributed by atoms with van der Waals surface area (Å²) < 4.78 is 13.9. The lowest BCUT2D eigenvalue weighted by atomic mass is 9.96. The first-order chi connectivity index (χ1) is 20.0. The number of nitriles is 1. The van der Waals surface area contributed by atoms with Gasteiger partial charge in [-0.1, -0.05) is 32.9 Å². The largest absolute Gasteiger partial charge is 0.399 e. The van der Waals surface area contributed by atoms with E-state index in [0.717, 1.165) is 51.9 Å². The van der Waals surface area contributed by atoms with Crippen molar-refractivity contribution in [1.82, 2.24) is 20.0 Å². The normalized spacial score (nSPS) is 15.1. The Morgan fingerprint density at radius 1 is 1.17 bits per heavy atom. The van der Waals surface area contributed by atoms with Gasteiger partial charge in [-0.15, -0.1) is 0 Å². The van der Waals surface area contributed by atoms with Crippen LogP contribution in [0.3, 0.4) is 0 Å². The number of fused-ring (bicyclic) bond motifs is 1. The molecule has 2 heterocycles. The number of rotatable bonds is 9. The summed E-state index contributed by atoms with van der Waals surface area (Å²) in [5.74, 6) is 6.23. The first kappa shape index (κ1) is 28.8. The lowest BCUT2D eigenvalue weighted by Gasteiger charge is -2.28. The Morgan fingerprint density at radius 2 is 1.90 bits per heavy atom. The summed E-state index contributed by atoms with van der Waals surface area (Å²) in [5, 5.41) is 19.3. The molecule has 0 radical (unpaired) electrons. The smallest absolute Gasteiger partial charge is 0.123 e. The predicted molar refractivity (Wildman–Crippen MR) is 163 cm³/mol. The molecule has 216 valence electrons. The second-order valence-electron chi connectivity index (χ2n) is 12.0. The summed E-state index contributed by atoms with van der Waals surface area (Å²) in [6, 6.07) is 11.9. The second kappa shape index (κ2) is 11.3. The van der Waals surface area contributed by atoms with E-state index in [9.17, 15) is 9.65 Å². The van der Waals surface area contributed by atoms with Crippen LogP contribution in [-0.2, 0) is 5.54 Å². The van der Waals surface area contributed by atoms with E-state index in [-0.39, 0.29) is 11.2 Å². The summed E-state index contributed by atoms with van der Waals surface area (Å²) in [4.78, 5) is 13.2. The summed E-state index contributed by atoms with van der Waals surface area (Å²) in [7, 11) is 0. The number of hydrazine groups is 1. The Hall–Kier alpha value is -4.75. The van der Waals surface area contributed by atoms with Gasteiger partial charge in [-0.3, -0.25) is 15.0 Å². The highest BCUT2D eigenvalue weighted by Crippen LogP contribution is 2.49. The van der Waals surface area contributed by atoms with Crippen molar-refractivity contribution in [1.29, 1.82) is 5.26 Å². The monoisotopic (exact) mass is 565 g/mol. The maximum Gasteiger partial charge on any atom is 0.123 e. The molecule has 2 aromatic heterocycles. The van der Waals surface area contributed by atoms with Crippen molar-refractivity contribution in [2.45, 2.75) is 52.1 Å². The van der Waals surface area contributed by atoms with Gasteiger partial charge < -0.3 is 21.4 Å². The number of pyridine rings is 1. The number of nitrogens with one attached hydrogen (secondary N) is 2. The number of aromatic nitrogens is 3. The molecule has 42 heavy (non-hydrogen) atoms. The Kier molecular flexibility index (Phi) is 7.71. The topological polar surface area (TPSA) is 142 Å². The molecule has 5 rings (SSSR count). The highest BCUT2D eigenvalue weighted by molar-refractivity contribution is 5.97. The van der Waals surface area contributed by atoms with E-state index >= 15 is 0 Å². The Morgan fingerprint density at radius 3 is 2.52 bits per heavy atom. The molecule has 4 aromatic rings. The highest BCUT2D eigenvalue weighted by Gasteiger charge is 2.50. The molecule has 1 fully saturated rings. The van der Waals surface area contributed by atoms with Gasteiger partial charge in [-0.2, -0.15) is 5.26 Å². The van der Waals surface area contributed by atoms with E-state index in [0.29, 0.717) is 17.8 Å². The Balaban J connectivity index is 1.54. The van der Waals surface area contributed by atoms with Gasteiger partial charge in [0.1, 0.15) is 11.9 Å². The fourth-order valence-corrected chi connectivity index (χ4v) is 5.04. The number of nitrogens with zero attached hydrogens (tertiary/aromatic N) is 5. The van der Waals surface area contributed by atoms with Gasteiger partial charge in [-0.25, -0.2) is 10.2 Å². The molecule has 9 nitrogen and oxygen atoms in total. The second-order valence-corrected chi connectivity index (χ2v) is 12.0. The standard InChI is InChI=1S/C32H36FN9/c1-20-13-24(14-25-28(20)39-16-22(15-34)29(25)40-19-31(2,3)4)41-30(21-5-7-23(33)8-6-21)26(35)18-42(36)32(9-10-32)27-17-37-11-12-38-27/h5-8,11-14,16-18,30,41H,9-10,19,35-36H2,1-4H3,(H,39,40)/b26-18-. The number of nitrogens with two attached hydrogens (primary N) is 2. The SMILES string of the molecule is Cc1cc(NC(/C(N)=C/N(N)C2(c3cnccn3)CC2)c2ccc(F)cc2)cc2c(NCC(C)(C)C)c(C#N)cnc12. The zero-order valence-electron chi connectivity index (χ0n) is 24.3. The average Bonchev–Trinajstić information content (AvgIpc) is 3.77. The predicted octanol–water partition coefficient (Wildman–Crippen LogP) is 5.62. The fraction of sp³-hybridized carbons (Fsp3) is 0.312. The molecule has 0 saturated heterocycles. The Labute approximate surface area is 245 Å². The molecule has 0 bridgehead atoms.